The number of rotatable bonds is 4. The first-order valence-electron chi connectivity index (χ1n) is 10.3. The highest BCUT2D eigenvalue weighted by molar-refractivity contribution is 7.88. The first-order valence-corrected chi connectivity index (χ1v) is 12.2. The summed E-state index contributed by atoms with van der Waals surface area (Å²) in [5.41, 5.74) is 2.23. The molecule has 1 aromatic carbocycles. The fraction of sp³-hybridized carbons (Fsp3) is 0.571. The van der Waals surface area contributed by atoms with Crippen molar-refractivity contribution in [2.45, 2.75) is 30.7 Å². The lowest BCUT2D eigenvalue weighted by molar-refractivity contribution is -0.145. The molecule has 1 atom stereocenters. The number of carbonyl (C=O) groups excluding carboxylic acids is 1. The Bertz CT molecular complexity index is 1120. The molecule has 1 aromatic heterocycles. The molecule has 2 aromatic rings. The number of hydrogen-bond acceptors (Lipinski definition) is 5. The van der Waals surface area contributed by atoms with E-state index in [1.54, 1.807) is 12.0 Å². The molecule has 0 radical (unpaired) electrons. The number of nitrogens with one attached hydrogen (secondary N) is 1. The number of sulfonamides is 1. The molecule has 2 aliphatic heterocycles. The van der Waals surface area contributed by atoms with Gasteiger partial charge in [0.1, 0.15) is 5.75 Å². The molecule has 3 heterocycles. The quantitative estimate of drug-likeness (QED) is 0.758. The Kier molecular flexibility index (Phi) is 4.43. The summed E-state index contributed by atoms with van der Waals surface area (Å²) in [6.07, 6.45) is 4.04. The van der Waals surface area contributed by atoms with Gasteiger partial charge in [-0.15, -0.1) is 0 Å². The molecule has 1 saturated heterocycles. The van der Waals surface area contributed by atoms with Crippen molar-refractivity contribution in [3.63, 3.8) is 0 Å². The number of aromatic amines is 1. The summed E-state index contributed by atoms with van der Waals surface area (Å²) < 4.78 is 31.1. The molecule has 8 nitrogen and oxygen atoms in total. The average molecular weight is 434 g/mol. The summed E-state index contributed by atoms with van der Waals surface area (Å²) in [6.45, 7) is 0.918. The molecule has 0 unspecified atom stereocenters. The van der Waals surface area contributed by atoms with E-state index in [9.17, 15) is 18.3 Å². The van der Waals surface area contributed by atoms with Crippen LogP contribution in [0.1, 0.15) is 36.6 Å². The first-order chi connectivity index (χ1) is 14.3. The highest BCUT2D eigenvalue weighted by Crippen LogP contribution is 2.50. The Morgan fingerprint density at radius 3 is 2.60 bits per heavy atom. The van der Waals surface area contributed by atoms with Crippen molar-refractivity contribution in [2.24, 2.45) is 5.92 Å². The molecule has 1 amide bonds. The van der Waals surface area contributed by atoms with E-state index in [1.807, 2.05) is 18.2 Å². The maximum Gasteiger partial charge on any atom is 0.226 e. The van der Waals surface area contributed by atoms with Crippen LogP contribution in [0.5, 0.6) is 5.75 Å². The van der Waals surface area contributed by atoms with Gasteiger partial charge in [0.25, 0.3) is 0 Å². The minimum Gasteiger partial charge on any atom is -0.497 e. The number of aliphatic hydroxyl groups is 1. The van der Waals surface area contributed by atoms with Crippen LogP contribution in [-0.2, 0) is 20.2 Å². The predicted molar refractivity (Wildman–Crippen MR) is 112 cm³/mol. The normalized spacial score (nSPS) is 23.8. The van der Waals surface area contributed by atoms with Crippen LogP contribution < -0.4 is 4.74 Å². The molecule has 2 N–H and O–H groups in total. The molecular formula is C21H27N3O5S. The average Bonchev–Trinajstić information content (AvgIpc) is 3.01. The molecule has 5 rings (SSSR count). The van der Waals surface area contributed by atoms with Crippen molar-refractivity contribution >= 4 is 26.8 Å². The van der Waals surface area contributed by atoms with Crippen molar-refractivity contribution < 1.29 is 23.1 Å². The predicted octanol–water partition coefficient (Wildman–Crippen LogP) is 1.37. The molecule has 9 heteroatoms. The molecule has 162 valence electrons. The van der Waals surface area contributed by atoms with Gasteiger partial charge in [-0.3, -0.25) is 4.79 Å². The Morgan fingerprint density at radius 2 is 2.03 bits per heavy atom. The van der Waals surface area contributed by atoms with Gasteiger partial charge in [0.2, 0.25) is 15.9 Å². The summed E-state index contributed by atoms with van der Waals surface area (Å²) in [5.74, 6) is 0.789. The number of methoxy groups -OCH3 is 1. The summed E-state index contributed by atoms with van der Waals surface area (Å²) in [5, 5.41) is 11.2. The van der Waals surface area contributed by atoms with Crippen LogP contribution in [0, 0.1) is 5.92 Å². The lowest BCUT2D eigenvalue weighted by atomic mass is 9.69. The van der Waals surface area contributed by atoms with Crippen LogP contribution >= 0.6 is 0 Å². The van der Waals surface area contributed by atoms with Crippen molar-refractivity contribution in [2.75, 3.05) is 39.6 Å². The van der Waals surface area contributed by atoms with Crippen LogP contribution in [0.3, 0.4) is 0 Å². The zero-order valence-electron chi connectivity index (χ0n) is 17.2. The van der Waals surface area contributed by atoms with E-state index >= 15 is 0 Å². The second-order valence-corrected chi connectivity index (χ2v) is 10.9. The van der Waals surface area contributed by atoms with Gasteiger partial charge in [0, 0.05) is 53.6 Å². The molecule has 0 bridgehead atoms. The minimum atomic E-state index is -3.31. The maximum atomic E-state index is 13.2. The lowest BCUT2D eigenvalue weighted by Gasteiger charge is -2.55. The van der Waals surface area contributed by atoms with Gasteiger partial charge in [-0.25, -0.2) is 12.7 Å². The van der Waals surface area contributed by atoms with Gasteiger partial charge in [0.05, 0.1) is 26.0 Å². The largest absolute Gasteiger partial charge is 0.497 e. The number of aromatic nitrogens is 1. The summed E-state index contributed by atoms with van der Waals surface area (Å²) in [7, 11) is -1.70. The number of ether oxygens (including phenoxy) is 1. The first kappa shape index (κ1) is 19.8. The van der Waals surface area contributed by atoms with Crippen molar-refractivity contribution in [1.29, 1.82) is 0 Å². The van der Waals surface area contributed by atoms with Crippen molar-refractivity contribution in [3.05, 3.63) is 29.5 Å². The number of amides is 1. The van der Waals surface area contributed by atoms with Gasteiger partial charge in [-0.2, -0.15) is 0 Å². The van der Waals surface area contributed by atoms with E-state index in [-0.39, 0.29) is 18.4 Å². The number of fused-ring (bicyclic) bond motifs is 4. The molecule has 1 aliphatic carbocycles. The summed E-state index contributed by atoms with van der Waals surface area (Å²) in [4.78, 5) is 18.4. The van der Waals surface area contributed by atoms with Crippen LogP contribution in [0.2, 0.25) is 0 Å². The lowest BCUT2D eigenvalue weighted by Crippen LogP contribution is -2.68. The maximum absolute atomic E-state index is 13.2. The number of nitrogens with zero attached hydrogens (tertiary/aromatic N) is 2. The van der Waals surface area contributed by atoms with E-state index in [0.717, 1.165) is 41.4 Å². The molecule has 1 spiro atoms. The van der Waals surface area contributed by atoms with Crippen molar-refractivity contribution in [1.82, 2.24) is 14.2 Å². The SMILES string of the molecule is COc1ccc2c3c([nH]c2c1)[C@H](CO)N(C(=O)C1CCC1)CC31CN(S(C)(=O)=O)C1. The smallest absolute Gasteiger partial charge is 0.226 e. The number of carbonyl (C=O) groups is 1. The standard InChI is InChI=1S/C21H27N3O5S/c1-29-14-6-7-15-16(8-14)22-19-17(9-25)24(20(26)13-4-3-5-13)12-21(18(15)19)10-23(11-21)30(2,27)28/h6-8,13,17,22,25H,3-5,9-12H2,1-2H3/t17-/m0/s1. The fourth-order valence-corrected chi connectivity index (χ4v) is 6.21. The Hall–Kier alpha value is -2.10. The second kappa shape index (κ2) is 6.70. The summed E-state index contributed by atoms with van der Waals surface area (Å²) >= 11 is 0. The third-order valence-electron chi connectivity index (χ3n) is 7.09. The zero-order chi connectivity index (χ0) is 21.3. The number of benzene rings is 1. The zero-order valence-corrected chi connectivity index (χ0v) is 18.0. The van der Waals surface area contributed by atoms with Crippen LogP contribution in [0.25, 0.3) is 10.9 Å². The highest BCUT2D eigenvalue weighted by Gasteiger charge is 2.56. The van der Waals surface area contributed by atoms with Crippen LogP contribution in [0.15, 0.2) is 18.2 Å². The van der Waals surface area contributed by atoms with Crippen LogP contribution in [0.4, 0.5) is 0 Å². The van der Waals surface area contributed by atoms with Gasteiger partial charge in [-0.05, 0) is 30.5 Å². The number of H-pyrrole nitrogens is 1. The minimum absolute atomic E-state index is 0.00760. The topological polar surface area (TPSA) is 103 Å². The third kappa shape index (κ3) is 2.79. The van der Waals surface area contributed by atoms with Gasteiger partial charge < -0.3 is 19.7 Å². The van der Waals surface area contributed by atoms with Gasteiger partial charge in [-0.1, -0.05) is 6.42 Å². The molecule has 30 heavy (non-hydrogen) atoms. The Labute approximate surface area is 175 Å². The number of aliphatic hydroxyl groups excluding tert-OH is 1. The van der Waals surface area contributed by atoms with E-state index in [2.05, 4.69) is 4.98 Å². The Balaban J connectivity index is 1.65. The van der Waals surface area contributed by atoms with E-state index < -0.39 is 21.5 Å². The van der Waals surface area contributed by atoms with Crippen molar-refractivity contribution in [3.8, 4) is 5.75 Å². The van der Waals surface area contributed by atoms with E-state index in [4.69, 9.17) is 4.74 Å². The second-order valence-electron chi connectivity index (χ2n) is 8.93. The molecule has 2 fully saturated rings. The van der Waals surface area contributed by atoms with Gasteiger partial charge in [0.15, 0.2) is 0 Å². The fourth-order valence-electron chi connectivity index (χ4n) is 5.25. The monoisotopic (exact) mass is 433 g/mol. The van der Waals surface area contributed by atoms with E-state index in [0.29, 0.717) is 25.4 Å². The summed E-state index contributed by atoms with van der Waals surface area (Å²) in [6, 6.07) is 5.31. The highest BCUT2D eigenvalue weighted by atomic mass is 32.2. The van der Waals surface area contributed by atoms with Gasteiger partial charge >= 0.3 is 0 Å². The number of hydrogen-bond donors (Lipinski definition) is 2. The van der Waals surface area contributed by atoms with Crippen LogP contribution in [-0.4, -0.2) is 73.2 Å². The third-order valence-corrected chi connectivity index (χ3v) is 8.28. The Morgan fingerprint density at radius 1 is 1.30 bits per heavy atom. The molecular weight excluding hydrogens is 406 g/mol. The molecule has 1 saturated carbocycles. The molecule has 3 aliphatic rings. The van der Waals surface area contributed by atoms with E-state index in [1.165, 1.54) is 10.6 Å².